The summed E-state index contributed by atoms with van der Waals surface area (Å²) in [5.41, 5.74) is 2.18. The van der Waals surface area contributed by atoms with Gasteiger partial charge in [0.1, 0.15) is 5.82 Å². The van der Waals surface area contributed by atoms with Crippen molar-refractivity contribution in [3.8, 4) is 11.5 Å². The summed E-state index contributed by atoms with van der Waals surface area (Å²) in [6, 6.07) is 15.0. The van der Waals surface area contributed by atoms with Crippen molar-refractivity contribution < 1.29 is 13.6 Å². The third-order valence-electron chi connectivity index (χ3n) is 6.76. The van der Waals surface area contributed by atoms with Gasteiger partial charge in [0.25, 0.3) is 11.1 Å². The van der Waals surface area contributed by atoms with Crippen LogP contribution in [0, 0.1) is 5.82 Å². The number of anilines is 2. The highest BCUT2D eigenvalue weighted by Gasteiger charge is 2.25. The molecule has 2 fully saturated rings. The number of carbonyl (C=O) groups excluding carboxylic acids is 1. The molecule has 0 atom stereocenters. The molecule has 1 saturated carbocycles. The molecule has 2 heterocycles. The summed E-state index contributed by atoms with van der Waals surface area (Å²) < 4.78 is 19.4. The third-order valence-corrected chi connectivity index (χ3v) is 7.58. The summed E-state index contributed by atoms with van der Waals surface area (Å²) in [5, 5.41) is 10.9. The number of nitrogens with one attached hydrogen (secondary N) is 1. The van der Waals surface area contributed by atoms with Gasteiger partial charge in [0.05, 0.1) is 11.3 Å². The first-order valence-corrected chi connectivity index (χ1v) is 13.2. The van der Waals surface area contributed by atoms with Crippen LogP contribution in [0.15, 0.2) is 58.2 Å². The summed E-state index contributed by atoms with van der Waals surface area (Å²) in [7, 11) is 0. The molecule has 5 rings (SSSR count). The van der Waals surface area contributed by atoms with Gasteiger partial charge in [-0.25, -0.2) is 4.39 Å². The second kappa shape index (κ2) is 11.2. The zero-order chi connectivity index (χ0) is 24.0. The molecule has 1 aromatic heterocycles. The van der Waals surface area contributed by atoms with Gasteiger partial charge in [0.15, 0.2) is 0 Å². The quantitative estimate of drug-likeness (QED) is 0.459. The molecule has 1 amide bonds. The zero-order valence-corrected chi connectivity index (χ0v) is 20.5. The van der Waals surface area contributed by atoms with Gasteiger partial charge in [-0.3, -0.25) is 9.69 Å². The normalized spacial score (nSPS) is 17.5. The lowest BCUT2D eigenvalue weighted by atomic mass is 9.94. The van der Waals surface area contributed by atoms with Crippen molar-refractivity contribution in [1.29, 1.82) is 0 Å². The molecule has 184 valence electrons. The van der Waals surface area contributed by atoms with Gasteiger partial charge in [-0.1, -0.05) is 43.2 Å². The summed E-state index contributed by atoms with van der Waals surface area (Å²) in [4.78, 5) is 17.5. The molecule has 3 aromatic rings. The number of rotatable bonds is 7. The van der Waals surface area contributed by atoms with Crippen molar-refractivity contribution in [2.75, 3.05) is 42.1 Å². The lowest BCUT2D eigenvalue weighted by Gasteiger charge is -2.41. The van der Waals surface area contributed by atoms with E-state index >= 15 is 0 Å². The lowest BCUT2D eigenvalue weighted by Crippen LogP contribution is -2.50. The van der Waals surface area contributed by atoms with Gasteiger partial charge in [-0.2, -0.15) is 0 Å². The summed E-state index contributed by atoms with van der Waals surface area (Å²) in [5.74, 6) is -0.389. The fraction of sp³-hybridized carbons (Fsp3) is 0.423. The Balaban J connectivity index is 1.08. The fourth-order valence-electron chi connectivity index (χ4n) is 4.88. The molecular formula is C26H30FN5O2S. The van der Waals surface area contributed by atoms with Gasteiger partial charge in [0, 0.05) is 43.6 Å². The lowest BCUT2D eigenvalue weighted by molar-refractivity contribution is -0.113. The van der Waals surface area contributed by atoms with Crippen LogP contribution in [0.5, 0.6) is 0 Å². The van der Waals surface area contributed by atoms with Crippen LogP contribution < -0.4 is 10.2 Å². The van der Waals surface area contributed by atoms with Gasteiger partial charge < -0.3 is 14.6 Å². The topological polar surface area (TPSA) is 74.5 Å². The number of aromatic nitrogens is 2. The van der Waals surface area contributed by atoms with Crippen LogP contribution in [0.4, 0.5) is 15.8 Å². The van der Waals surface area contributed by atoms with E-state index in [4.69, 9.17) is 4.42 Å². The van der Waals surface area contributed by atoms with Crippen LogP contribution in [0.1, 0.15) is 32.1 Å². The number of thioether (sulfide) groups is 1. The minimum absolute atomic E-state index is 0.0983. The Kier molecular flexibility index (Phi) is 7.63. The second-order valence-electron chi connectivity index (χ2n) is 9.05. The highest BCUT2D eigenvalue weighted by atomic mass is 32.2. The fourth-order valence-corrected chi connectivity index (χ4v) is 5.45. The zero-order valence-electron chi connectivity index (χ0n) is 19.7. The van der Waals surface area contributed by atoms with Crippen molar-refractivity contribution in [2.45, 2.75) is 43.4 Å². The molecule has 0 spiro atoms. The molecule has 2 aliphatic rings. The summed E-state index contributed by atoms with van der Waals surface area (Å²) >= 11 is 1.12. The molecule has 1 N–H and O–H groups in total. The Bertz CT molecular complexity index is 1120. The molecule has 2 aromatic carbocycles. The minimum atomic E-state index is -0.431. The Morgan fingerprint density at radius 1 is 1.00 bits per heavy atom. The van der Waals surface area contributed by atoms with E-state index in [1.165, 1.54) is 43.9 Å². The van der Waals surface area contributed by atoms with E-state index in [0.717, 1.165) is 49.7 Å². The van der Waals surface area contributed by atoms with Crippen LogP contribution in [-0.2, 0) is 4.79 Å². The standard InChI is InChI=1S/C26H30FN5O2S/c27-23-9-5-4-8-22(23)25-29-30-26(34-25)35-18-24(33)28-19-10-12-21(13-11-19)32-16-14-31(15-17-32)20-6-2-1-3-7-20/h4-5,8-13,20H,1-3,6-7,14-18H2,(H,28,33). The number of benzene rings is 2. The summed E-state index contributed by atoms with van der Waals surface area (Å²) in [6.07, 6.45) is 6.85. The van der Waals surface area contributed by atoms with E-state index in [1.54, 1.807) is 18.2 Å². The van der Waals surface area contributed by atoms with Crippen molar-refractivity contribution in [3.63, 3.8) is 0 Å². The highest BCUT2D eigenvalue weighted by Crippen LogP contribution is 2.27. The average molecular weight is 496 g/mol. The number of hydrogen-bond acceptors (Lipinski definition) is 7. The van der Waals surface area contributed by atoms with E-state index in [-0.39, 0.29) is 28.3 Å². The monoisotopic (exact) mass is 495 g/mol. The molecule has 7 nitrogen and oxygen atoms in total. The smallest absolute Gasteiger partial charge is 0.277 e. The molecule has 1 aliphatic heterocycles. The predicted molar refractivity (Wildman–Crippen MR) is 136 cm³/mol. The van der Waals surface area contributed by atoms with Crippen LogP contribution in [0.25, 0.3) is 11.5 Å². The molecule has 1 aliphatic carbocycles. The van der Waals surface area contributed by atoms with Crippen molar-refractivity contribution in [1.82, 2.24) is 15.1 Å². The van der Waals surface area contributed by atoms with Gasteiger partial charge >= 0.3 is 0 Å². The molecule has 0 bridgehead atoms. The maximum Gasteiger partial charge on any atom is 0.277 e. The van der Waals surface area contributed by atoms with Crippen LogP contribution in [-0.4, -0.2) is 59.0 Å². The van der Waals surface area contributed by atoms with Gasteiger partial charge in [0.2, 0.25) is 5.91 Å². The molecule has 1 saturated heterocycles. The maximum atomic E-state index is 13.9. The predicted octanol–water partition coefficient (Wildman–Crippen LogP) is 5.06. The number of carbonyl (C=O) groups is 1. The Labute approximate surface area is 209 Å². The van der Waals surface area contributed by atoms with Crippen LogP contribution in [0.2, 0.25) is 0 Å². The molecule has 35 heavy (non-hydrogen) atoms. The first kappa shape index (κ1) is 23.8. The van der Waals surface area contributed by atoms with E-state index < -0.39 is 5.82 Å². The number of hydrogen-bond donors (Lipinski definition) is 1. The largest absolute Gasteiger partial charge is 0.411 e. The first-order chi connectivity index (χ1) is 17.2. The Morgan fingerprint density at radius 3 is 2.49 bits per heavy atom. The van der Waals surface area contributed by atoms with Crippen LogP contribution in [0.3, 0.4) is 0 Å². The molecular weight excluding hydrogens is 465 g/mol. The van der Waals surface area contributed by atoms with Crippen molar-refractivity contribution >= 4 is 29.0 Å². The van der Waals surface area contributed by atoms with Crippen molar-refractivity contribution in [3.05, 3.63) is 54.3 Å². The average Bonchev–Trinajstić information content (AvgIpc) is 3.38. The van der Waals surface area contributed by atoms with Crippen LogP contribution >= 0.6 is 11.8 Å². The molecule has 9 heteroatoms. The van der Waals surface area contributed by atoms with Crippen molar-refractivity contribution in [2.24, 2.45) is 0 Å². The second-order valence-corrected chi connectivity index (χ2v) is 9.98. The Hall–Kier alpha value is -2.91. The SMILES string of the molecule is O=C(CSc1nnc(-c2ccccc2F)o1)Nc1ccc(N2CCN(C3CCCCC3)CC2)cc1. The first-order valence-electron chi connectivity index (χ1n) is 12.3. The summed E-state index contributed by atoms with van der Waals surface area (Å²) in [6.45, 7) is 4.32. The number of amides is 1. The number of nitrogens with zero attached hydrogens (tertiary/aromatic N) is 4. The Morgan fingerprint density at radius 2 is 1.74 bits per heavy atom. The minimum Gasteiger partial charge on any atom is -0.411 e. The van der Waals surface area contributed by atoms with E-state index in [1.807, 2.05) is 12.1 Å². The molecule has 0 unspecified atom stereocenters. The number of halogens is 1. The van der Waals surface area contributed by atoms with E-state index in [0.29, 0.717) is 0 Å². The van der Waals surface area contributed by atoms with Gasteiger partial charge in [-0.05, 0) is 49.2 Å². The molecule has 0 radical (unpaired) electrons. The highest BCUT2D eigenvalue weighted by molar-refractivity contribution is 7.99. The maximum absolute atomic E-state index is 13.9. The van der Waals surface area contributed by atoms with E-state index in [2.05, 4.69) is 37.4 Å². The van der Waals surface area contributed by atoms with E-state index in [9.17, 15) is 9.18 Å². The third kappa shape index (κ3) is 6.02. The number of piperazine rings is 1. The van der Waals surface area contributed by atoms with Gasteiger partial charge in [-0.15, -0.1) is 10.2 Å².